The van der Waals surface area contributed by atoms with Crippen LogP contribution < -0.4 is 0 Å². The second-order valence-electron chi connectivity index (χ2n) is 0. The van der Waals surface area contributed by atoms with E-state index >= 15 is 0 Å². The molecule has 26 valence electrons. The van der Waals surface area contributed by atoms with Crippen LogP contribution in [-0.2, 0) is 57.7 Å². The Labute approximate surface area is 73.3 Å². The maximum absolute atomic E-state index is 8.28. The molecule has 0 aliphatic carbocycles. The average Bonchev–Trinajstić information content (AvgIpc) is 1.00. The SMILES string of the molecule is [Cr].[Fe].[O]=[AlH].[Zn]. The summed E-state index contributed by atoms with van der Waals surface area (Å²) in [6.07, 6.45) is 0. The van der Waals surface area contributed by atoms with Gasteiger partial charge in [-0.3, -0.25) is 0 Å². The first-order valence-corrected chi connectivity index (χ1v) is 0.866. The predicted octanol–water partition coefficient (Wildman–Crippen LogP) is -0.775. The topological polar surface area (TPSA) is 17.1 Å². The van der Waals surface area contributed by atoms with Crippen molar-refractivity contribution in [1.82, 2.24) is 0 Å². The molecule has 0 atom stereocenters. The number of hydrogen-bond donors (Lipinski definition) is 0. The molecule has 0 aliphatic heterocycles. The van der Waals surface area contributed by atoms with E-state index in [2.05, 4.69) is 0 Å². The standard InChI is InChI=1S/Al.Cr.Fe.O.Zn.H. The minimum Gasteiger partial charge on any atom is 0 e. The fourth-order valence-corrected chi connectivity index (χ4v) is 0. The molecule has 0 N–H and O–H groups in total. The van der Waals surface area contributed by atoms with Gasteiger partial charge in [-0.1, -0.05) is 0 Å². The van der Waals surface area contributed by atoms with Gasteiger partial charge in [0.25, 0.3) is 0 Å². The van der Waals surface area contributed by atoms with Crippen molar-refractivity contribution in [3.63, 3.8) is 0 Å². The molecule has 0 amide bonds. The van der Waals surface area contributed by atoms with E-state index in [9.17, 15) is 0 Å². The first-order valence-electron chi connectivity index (χ1n) is 0.289. The molecule has 0 aromatic carbocycles. The molecule has 0 bridgehead atoms. The van der Waals surface area contributed by atoms with E-state index in [0.717, 1.165) is 0 Å². The minimum absolute atomic E-state index is 0. The van der Waals surface area contributed by atoms with Crippen LogP contribution in [0.25, 0.3) is 0 Å². The summed E-state index contributed by atoms with van der Waals surface area (Å²) in [7, 11) is 0. The quantitative estimate of drug-likeness (QED) is 0.487. The fraction of sp³-hybridized carbons (Fsp3) is 0. The Bertz CT molecular complexity index is 11.6. The molecule has 0 rings (SSSR count). The third-order valence-electron chi connectivity index (χ3n) is 0. The van der Waals surface area contributed by atoms with Gasteiger partial charge >= 0.3 is 20.0 Å². The Balaban J connectivity index is -0.00000000167. The van der Waals surface area contributed by atoms with E-state index in [0.29, 0.717) is 16.2 Å². The Morgan fingerprint density at radius 3 is 1.20 bits per heavy atom. The van der Waals surface area contributed by atoms with Crippen LogP contribution in [0.5, 0.6) is 0 Å². The first-order chi connectivity index (χ1) is 1.00. The molecular weight excluding hydrogens is 216 g/mol. The smallest absolute Gasteiger partial charge is 0 e. The van der Waals surface area contributed by atoms with Gasteiger partial charge < -0.3 is 0 Å². The summed E-state index contributed by atoms with van der Waals surface area (Å²) in [6.45, 7) is 0. The Kier molecular flexibility index (Phi) is 209. The van der Waals surface area contributed by atoms with E-state index < -0.39 is 0 Å². The van der Waals surface area contributed by atoms with Gasteiger partial charge in [0.05, 0.1) is 0 Å². The van der Waals surface area contributed by atoms with Crippen molar-refractivity contribution in [2.24, 2.45) is 0 Å². The van der Waals surface area contributed by atoms with Gasteiger partial charge in [0.1, 0.15) is 0 Å². The van der Waals surface area contributed by atoms with Crippen LogP contribution >= 0.6 is 0 Å². The van der Waals surface area contributed by atoms with Gasteiger partial charge in [0.2, 0.25) is 0 Å². The van der Waals surface area contributed by atoms with Crippen LogP contribution in [0.3, 0.4) is 0 Å². The summed E-state index contributed by atoms with van der Waals surface area (Å²) >= 11 is 0.611. The van der Waals surface area contributed by atoms with Crippen molar-refractivity contribution in [2.75, 3.05) is 0 Å². The van der Waals surface area contributed by atoms with Crippen LogP contribution in [0, 0.1) is 0 Å². The van der Waals surface area contributed by atoms with Crippen molar-refractivity contribution in [3.8, 4) is 0 Å². The molecule has 5 heteroatoms. The molecule has 0 aromatic heterocycles. The summed E-state index contributed by atoms with van der Waals surface area (Å²) < 4.78 is 8.28. The number of hydrogen-bond acceptors (Lipinski definition) is 1. The largest absolute Gasteiger partial charge is 0 e. The van der Waals surface area contributed by atoms with Gasteiger partial charge in [-0.15, -0.1) is 0 Å². The molecule has 5 heavy (non-hydrogen) atoms. The average molecular weight is 217 g/mol. The van der Waals surface area contributed by atoms with Gasteiger partial charge in [-0.25, -0.2) is 0 Å². The summed E-state index contributed by atoms with van der Waals surface area (Å²) in [5.74, 6) is 0. The van der Waals surface area contributed by atoms with Gasteiger partial charge in [0.15, 0.2) is 0 Å². The second-order valence-corrected chi connectivity index (χ2v) is 0. The van der Waals surface area contributed by atoms with Crippen LogP contribution in [-0.4, -0.2) is 16.2 Å². The van der Waals surface area contributed by atoms with Crippen LogP contribution in [0.1, 0.15) is 0 Å². The van der Waals surface area contributed by atoms with Crippen LogP contribution in [0.2, 0.25) is 0 Å². The zero-order chi connectivity index (χ0) is 2.00. The van der Waals surface area contributed by atoms with Crippen LogP contribution in [0.15, 0.2) is 0 Å². The molecule has 0 radical (unpaired) electrons. The van der Waals surface area contributed by atoms with Gasteiger partial charge in [0, 0.05) is 53.9 Å². The van der Waals surface area contributed by atoms with Gasteiger partial charge in [-0.05, 0) is 0 Å². The number of rotatable bonds is 0. The van der Waals surface area contributed by atoms with Crippen molar-refractivity contribution in [2.45, 2.75) is 0 Å². The van der Waals surface area contributed by atoms with E-state index in [1.54, 1.807) is 0 Å². The van der Waals surface area contributed by atoms with Crippen molar-refractivity contribution in [1.29, 1.82) is 0 Å². The van der Waals surface area contributed by atoms with E-state index in [1.807, 2.05) is 0 Å². The molecule has 0 fully saturated rings. The summed E-state index contributed by atoms with van der Waals surface area (Å²) in [5.41, 5.74) is 0. The molecule has 0 spiro atoms. The predicted molar refractivity (Wildman–Crippen MR) is 7.84 cm³/mol. The monoisotopic (exact) mass is 216 g/mol. The molecule has 1 nitrogen and oxygen atoms in total. The molecular formula is HAlCrFeOZn. The van der Waals surface area contributed by atoms with Crippen molar-refractivity contribution < 1.29 is 57.7 Å². The minimum atomic E-state index is 0. The fourth-order valence-electron chi connectivity index (χ4n) is 0. The normalized spacial score (nSPS) is 0.600. The Morgan fingerprint density at radius 2 is 1.20 bits per heavy atom. The third kappa shape index (κ3) is 23.9. The second kappa shape index (κ2) is 37.4. The Morgan fingerprint density at radius 1 is 1.20 bits per heavy atom. The zero-order valence-electron chi connectivity index (χ0n) is 2.58. The maximum atomic E-state index is 8.28. The summed E-state index contributed by atoms with van der Waals surface area (Å²) in [6, 6.07) is 0. The summed E-state index contributed by atoms with van der Waals surface area (Å²) in [4.78, 5) is 0. The molecule has 0 saturated carbocycles. The summed E-state index contributed by atoms with van der Waals surface area (Å²) in [5, 5.41) is 0. The van der Waals surface area contributed by atoms with E-state index in [4.69, 9.17) is 3.80 Å². The third-order valence-corrected chi connectivity index (χ3v) is 0. The van der Waals surface area contributed by atoms with Crippen LogP contribution in [0.4, 0.5) is 0 Å². The first kappa shape index (κ1) is 28.0. The van der Waals surface area contributed by atoms with Crippen molar-refractivity contribution in [3.05, 3.63) is 0 Å². The van der Waals surface area contributed by atoms with Gasteiger partial charge in [-0.2, -0.15) is 0 Å². The zero-order valence-corrected chi connectivity index (χ0v) is 9.34. The van der Waals surface area contributed by atoms with E-state index in [1.165, 1.54) is 0 Å². The maximum Gasteiger partial charge on any atom is 0 e. The molecule has 0 aromatic rings. The van der Waals surface area contributed by atoms with E-state index in [-0.39, 0.29) is 53.9 Å². The van der Waals surface area contributed by atoms with Crippen molar-refractivity contribution >= 4 is 16.2 Å². The molecule has 0 aliphatic rings. The molecule has 0 saturated heterocycles. The molecule has 0 unspecified atom stereocenters. The molecule has 0 heterocycles. The Hall–Kier alpha value is 2.01.